The van der Waals surface area contributed by atoms with Crippen molar-refractivity contribution in [1.82, 2.24) is 9.29 Å². The number of hydrogen-bond acceptors (Lipinski definition) is 5. The molecule has 1 N–H and O–H groups in total. The largest absolute Gasteiger partial charge is 0.325 e. The van der Waals surface area contributed by atoms with Crippen molar-refractivity contribution >= 4 is 33.4 Å². The van der Waals surface area contributed by atoms with Crippen LogP contribution in [0.2, 0.25) is 0 Å². The molecule has 0 saturated carbocycles. The predicted octanol–water partition coefficient (Wildman–Crippen LogP) is 3.77. The van der Waals surface area contributed by atoms with E-state index in [9.17, 15) is 13.2 Å². The Bertz CT molecular complexity index is 879. The van der Waals surface area contributed by atoms with Crippen LogP contribution in [0.3, 0.4) is 0 Å². The Morgan fingerprint density at radius 2 is 1.75 bits per heavy atom. The third-order valence-electron chi connectivity index (χ3n) is 4.62. The fourth-order valence-corrected chi connectivity index (χ4v) is 5.27. The molecule has 1 amide bonds. The highest BCUT2D eigenvalue weighted by Gasteiger charge is 2.25. The van der Waals surface area contributed by atoms with Gasteiger partial charge in [0.25, 0.3) is 0 Å². The van der Waals surface area contributed by atoms with Gasteiger partial charge < -0.3 is 5.32 Å². The van der Waals surface area contributed by atoms with Gasteiger partial charge in [0.15, 0.2) is 0 Å². The third-order valence-corrected chi connectivity index (χ3v) is 7.55. The lowest BCUT2D eigenvalue weighted by Gasteiger charge is -2.19. The van der Waals surface area contributed by atoms with Crippen LogP contribution >= 0.6 is 11.8 Å². The van der Waals surface area contributed by atoms with E-state index in [-0.39, 0.29) is 16.1 Å². The van der Waals surface area contributed by atoms with Gasteiger partial charge in [-0.25, -0.2) is 13.4 Å². The number of pyridine rings is 1. The van der Waals surface area contributed by atoms with Gasteiger partial charge in [-0.05, 0) is 44.0 Å². The van der Waals surface area contributed by atoms with Crippen LogP contribution in [0, 0.1) is 0 Å². The van der Waals surface area contributed by atoms with Gasteiger partial charge in [0.05, 0.1) is 10.3 Å². The van der Waals surface area contributed by atoms with Crippen molar-refractivity contribution in [3.63, 3.8) is 0 Å². The summed E-state index contributed by atoms with van der Waals surface area (Å²) in [5.41, 5.74) is 0.742. The summed E-state index contributed by atoms with van der Waals surface area (Å²) < 4.78 is 27.2. The summed E-state index contributed by atoms with van der Waals surface area (Å²) in [4.78, 5) is 16.8. The smallest absolute Gasteiger partial charge is 0.244 e. The predicted molar refractivity (Wildman–Crippen MR) is 112 cm³/mol. The molecule has 1 atom stereocenters. The molecule has 1 aromatic carbocycles. The van der Waals surface area contributed by atoms with Crippen molar-refractivity contribution in [1.29, 1.82) is 0 Å². The minimum atomic E-state index is -3.51. The first-order valence-corrected chi connectivity index (χ1v) is 11.8. The number of nitrogens with zero attached hydrogens (tertiary/aromatic N) is 2. The van der Waals surface area contributed by atoms with Gasteiger partial charge in [-0.1, -0.05) is 42.8 Å². The SMILES string of the molecule is C[C@@H](Sc1ccc(S(=O)(=O)N2CCCCCC2)cn1)C(=O)Nc1ccccc1. The van der Waals surface area contributed by atoms with Crippen molar-refractivity contribution in [2.24, 2.45) is 0 Å². The second-order valence-corrected chi connectivity index (χ2v) is 10.1. The third kappa shape index (κ3) is 5.33. The first-order chi connectivity index (χ1) is 13.5. The van der Waals surface area contributed by atoms with Crippen LogP contribution in [-0.4, -0.2) is 42.0 Å². The normalized spacial score (nSPS) is 16.9. The van der Waals surface area contributed by atoms with Crippen LogP contribution in [0.25, 0.3) is 0 Å². The minimum absolute atomic E-state index is 0.126. The maximum absolute atomic E-state index is 12.8. The lowest BCUT2D eigenvalue weighted by Crippen LogP contribution is -2.32. The zero-order valence-corrected chi connectivity index (χ0v) is 17.5. The van der Waals surface area contributed by atoms with Gasteiger partial charge in [0, 0.05) is 25.0 Å². The molecule has 1 saturated heterocycles. The van der Waals surface area contributed by atoms with Crippen LogP contribution in [0.1, 0.15) is 32.6 Å². The van der Waals surface area contributed by atoms with E-state index < -0.39 is 10.0 Å². The molecule has 1 aliphatic heterocycles. The van der Waals surface area contributed by atoms with E-state index in [0.29, 0.717) is 18.1 Å². The van der Waals surface area contributed by atoms with E-state index >= 15 is 0 Å². The standard InChI is InChI=1S/C20H25N3O3S2/c1-16(20(24)22-17-9-5-4-6-10-17)27-19-12-11-18(15-21-19)28(25,26)23-13-7-2-3-8-14-23/h4-6,9-12,15-16H,2-3,7-8,13-14H2,1H3,(H,22,24)/t16-/m1/s1. The lowest BCUT2D eigenvalue weighted by atomic mass is 10.2. The first kappa shape index (κ1) is 20.8. The number of nitrogens with one attached hydrogen (secondary N) is 1. The molecule has 28 heavy (non-hydrogen) atoms. The molecule has 1 aromatic heterocycles. The number of carbonyl (C=O) groups is 1. The molecule has 150 valence electrons. The Morgan fingerprint density at radius 1 is 1.07 bits per heavy atom. The fourth-order valence-electron chi connectivity index (χ4n) is 3.02. The molecule has 8 heteroatoms. The maximum atomic E-state index is 12.8. The summed E-state index contributed by atoms with van der Waals surface area (Å²) >= 11 is 1.30. The first-order valence-electron chi connectivity index (χ1n) is 9.45. The van der Waals surface area contributed by atoms with Gasteiger partial charge >= 0.3 is 0 Å². The number of amides is 1. The molecule has 2 aromatic rings. The number of para-hydroxylation sites is 1. The number of anilines is 1. The van der Waals surface area contributed by atoms with Gasteiger partial charge in [-0.2, -0.15) is 4.31 Å². The van der Waals surface area contributed by atoms with Crippen LogP contribution in [0.4, 0.5) is 5.69 Å². The number of aromatic nitrogens is 1. The van der Waals surface area contributed by atoms with E-state index in [2.05, 4.69) is 10.3 Å². The second kappa shape index (κ2) is 9.54. The van der Waals surface area contributed by atoms with Crippen LogP contribution in [-0.2, 0) is 14.8 Å². The van der Waals surface area contributed by atoms with Crippen molar-refractivity contribution in [3.8, 4) is 0 Å². The molecule has 6 nitrogen and oxygen atoms in total. The Kier molecular flexibility index (Phi) is 7.09. The number of carbonyl (C=O) groups excluding carboxylic acids is 1. The summed E-state index contributed by atoms with van der Waals surface area (Å²) in [6.07, 6.45) is 5.33. The fraction of sp³-hybridized carbons (Fsp3) is 0.400. The quantitative estimate of drug-likeness (QED) is 0.721. The van der Waals surface area contributed by atoms with Crippen molar-refractivity contribution in [2.45, 2.75) is 47.8 Å². The summed E-state index contributed by atoms with van der Waals surface area (Å²) in [5, 5.41) is 3.11. The van der Waals surface area contributed by atoms with Gasteiger partial charge in [0.2, 0.25) is 15.9 Å². The Morgan fingerprint density at radius 3 is 2.36 bits per heavy atom. The Hall–Kier alpha value is -1.90. The molecular weight excluding hydrogens is 394 g/mol. The average Bonchev–Trinajstić information content (AvgIpc) is 2.99. The number of sulfonamides is 1. The van der Waals surface area contributed by atoms with E-state index in [4.69, 9.17) is 0 Å². The van der Waals surface area contributed by atoms with E-state index in [1.807, 2.05) is 30.3 Å². The Balaban J connectivity index is 1.62. The van der Waals surface area contributed by atoms with Crippen LogP contribution in [0.15, 0.2) is 58.6 Å². The summed E-state index contributed by atoms with van der Waals surface area (Å²) in [5.74, 6) is -0.126. The highest BCUT2D eigenvalue weighted by Crippen LogP contribution is 2.25. The van der Waals surface area contributed by atoms with E-state index in [0.717, 1.165) is 31.4 Å². The molecule has 1 fully saturated rings. The summed E-state index contributed by atoms with van der Waals surface area (Å²) in [6, 6.07) is 12.5. The number of thioether (sulfide) groups is 1. The van der Waals surface area contributed by atoms with Gasteiger partial charge in [-0.3, -0.25) is 4.79 Å². The number of benzene rings is 1. The minimum Gasteiger partial charge on any atom is -0.325 e. The Labute approximate surface area is 170 Å². The zero-order chi connectivity index (χ0) is 20.0. The topological polar surface area (TPSA) is 79.4 Å². The molecule has 3 rings (SSSR count). The zero-order valence-electron chi connectivity index (χ0n) is 15.9. The molecule has 0 bridgehead atoms. The second-order valence-electron chi connectivity index (χ2n) is 6.77. The average molecular weight is 420 g/mol. The molecule has 0 spiro atoms. The van der Waals surface area contributed by atoms with Crippen LogP contribution < -0.4 is 5.32 Å². The maximum Gasteiger partial charge on any atom is 0.244 e. The van der Waals surface area contributed by atoms with Crippen molar-refractivity contribution in [2.75, 3.05) is 18.4 Å². The number of hydrogen-bond donors (Lipinski definition) is 1. The molecule has 2 heterocycles. The molecule has 0 unspecified atom stereocenters. The van der Waals surface area contributed by atoms with Crippen molar-refractivity contribution < 1.29 is 13.2 Å². The molecular formula is C20H25N3O3S2. The molecule has 1 aliphatic rings. The van der Waals surface area contributed by atoms with Gasteiger partial charge in [-0.15, -0.1) is 0 Å². The monoisotopic (exact) mass is 419 g/mol. The van der Waals surface area contributed by atoms with Gasteiger partial charge in [0.1, 0.15) is 4.90 Å². The molecule has 0 aliphatic carbocycles. The van der Waals surface area contributed by atoms with Crippen LogP contribution in [0.5, 0.6) is 0 Å². The summed E-state index contributed by atoms with van der Waals surface area (Å²) in [7, 11) is -3.51. The summed E-state index contributed by atoms with van der Waals surface area (Å²) in [6.45, 7) is 2.93. The highest BCUT2D eigenvalue weighted by atomic mass is 32.2. The van der Waals surface area contributed by atoms with E-state index in [1.54, 1.807) is 23.4 Å². The molecule has 0 radical (unpaired) electrons. The lowest BCUT2D eigenvalue weighted by molar-refractivity contribution is -0.115. The van der Waals surface area contributed by atoms with E-state index in [1.165, 1.54) is 18.0 Å². The van der Waals surface area contributed by atoms with Crippen molar-refractivity contribution in [3.05, 3.63) is 48.7 Å². The number of rotatable bonds is 6. The highest BCUT2D eigenvalue weighted by molar-refractivity contribution is 8.00.